The SMILES string of the molecule is O=C(NC[C@H](O)CN1CCc2ccccc2C1)c1cc(CC2CC(N3CCOCC3)C2)ncn1. The predicted octanol–water partition coefficient (Wildman–Crippen LogP) is 1.28. The van der Waals surface area contributed by atoms with Gasteiger partial charge in [0.05, 0.1) is 19.3 Å². The van der Waals surface area contributed by atoms with Gasteiger partial charge in [-0.05, 0) is 48.8 Å². The molecule has 2 aliphatic heterocycles. The Balaban J connectivity index is 1.05. The summed E-state index contributed by atoms with van der Waals surface area (Å²) in [5.41, 5.74) is 3.99. The number of benzene rings is 1. The maximum Gasteiger partial charge on any atom is 0.270 e. The van der Waals surface area contributed by atoms with Crippen molar-refractivity contribution in [2.45, 2.75) is 44.4 Å². The number of aromatic nitrogens is 2. The highest BCUT2D eigenvalue weighted by atomic mass is 16.5. The normalized spacial score (nSPS) is 24.1. The first kappa shape index (κ1) is 23.4. The van der Waals surface area contributed by atoms with Crippen LogP contribution < -0.4 is 5.32 Å². The van der Waals surface area contributed by atoms with Gasteiger partial charge in [0.2, 0.25) is 0 Å². The van der Waals surface area contributed by atoms with Crippen molar-refractivity contribution in [3.8, 4) is 0 Å². The minimum atomic E-state index is -0.623. The molecule has 1 amide bonds. The zero-order chi connectivity index (χ0) is 23.3. The molecule has 0 bridgehead atoms. The molecule has 1 aromatic carbocycles. The van der Waals surface area contributed by atoms with Crippen LogP contribution in [0.25, 0.3) is 0 Å². The number of aliphatic hydroxyl groups excluding tert-OH is 1. The lowest BCUT2D eigenvalue weighted by molar-refractivity contribution is -0.0170. The van der Waals surface area contributed by atoms with Crippen molar-refractivity contribution in [1.29, 1.82) is 0 Å². The summed E-state index contributed by atoms with van der Waals surface area (Å²) in [4.78, 5) is 26.0. The van der Waals surface area contributed by atoms with E-state index < -0.39 is 6.10 Å². The molecule has 34 heavy (non-hydrogen) atoms. The third-order valence-electron chi connectivity index (χ3n) is 7.40. The van der Waals surface area contributed by atoms with Crippen LogP contribution in [0, 0.1) is 5.92 Å². The van der Waals surface area contributed by atoms with Gasteiger partial charge in [0, 0.05) is 51.0 Å². The number of hydrogen-bond donors (Lipinski definition) is 2. The molecule has 1 aromatic heterocycles. The molecular formula is C26H35N5O3. The second-order valence-electron chi connectivity index (χ2n) is 9.86. The number of amides is 1. The molecule has 5 rings (SSSR count). The lowest BCUT2D eigenvalue weighted by Crippen LogP contribution is -2.50. The lowest BCUT2D eigenvalue weighted by atomic mass is 9.76. The number of rotatable bonds is 8. The molecule has 8 heteroatoms. The number of carbonyl (C=O) groups is 1. The topological polar surface area (TPSA) is 90.8 Å². The molecule has 1 atom stereocenters. The van der Waals surface area contributed by atoms with E-state index in [1.165, 1.54) is 30.3 Å². The minimum Gasteiger partial charge on any atom is -0.390 e. The van der Waals surface area contributed by atoms with Gasteiger partial charge in [-0.15, -0.1) is 0 Å². The summed E-state index contributed by atoms with van der Waals surface area (Å²) < 4.78 is 5.45. The van der Waals surface area contributed by atoms with Crippen LogP contribution >= 0.6 is 0 Å². The van der Waals surface area contributed by atoms with E-state index >= 15 is 0 Å². The maximum absolute atomic E-state index is 12.6. The van der Waals surface area contributed by atoms with E-state index in [9.17, 15) is 9.90 Å². The van der Waals surface area contributed by atoms with E-state index in [4.69, 9.17) is 4.74 Å². The molecule has 2 N–H and O–H groups in total. The minimum absolute atomic E-state index is 0.209. The zero-order valence-electron chi connectivity index (χ0n) is 19.7. The number of aliphatic hydroxyl groups is 1. The fourth-order valence-electron chi connectivity index (χ4n) is 5.41. The third kappa shape index (κ3) is 5.81. The van der Waals surface area contributed by atoms with Crippen molar-refractivity contribution in [2.75, 3.05) is 45.9 Å². The van der Waals surface area contributed by atoms with Gasteiger partial charge in [0.15, 0.2) is 0 Å². The number of fused-ring (bicyclic) bond motifs is 1. The molecule has 1 saturated carbocycles. The van der Waals surface area contributed by atoms with Crippen LogP contribution in [0.15, 0.2) is 36.7 Å². The first-order valence-electron chi connectivity index (χ1n) is 12.5. The van der Waals surface area contributed by atoms with Crippen LogP contribution in [-0.4, -0.2) is 88.9 Å². The van der Waals surface area contributed by atoms with E-state index in [2.05, 4.69) is 49.4 Å². The highest BCUT2D eigenvalue weighted by molar-refractivity contribution is 5.92. The molecule has 0 unspecified atom stereocenters. The van der Waals surface area contributed by atoms with E-state index in [1.54, 1.807) is 6.07 Å². The largest absolute Gasteiger partial charge is 0.390 e. The van der Waals surface area contributed by atoms with Gasteiger partial charge in [-0.2, -0.15) is 0 Å². The van der Waals surface area contributed by atoms with Gasteiger partial charge in [-0.3, -0.25) is 14.6 Å². The van der Waals surface area contributed by atoms with Crippen LogP contribution in [-0.2, 0) is 24.1 Å². The molecule has 2 aromatic rings. The Kier molecular flexibility index (Phi) is 7.49. The fourth-order valence-corrected chi connectivity index (χ4v) is 5.41. The number of nitrogens with one attached hydrogen (secondary N) is 1. The zero-order valence-corrected chi connectivity index (χ0v) is 19.7. The predicted molar refractivity (Wildman–Crippen MR) is 128 cm³/mol. The first-order chi connectivity index (χ1) is 16.6. The smallest absolute Gasteiger partial charge is 0.270 e. The number of β-amino-alcohol motifs (C(OH)–C–C–N with tert-alkyl or cyclic N) is 1. The van der Waals surface area contributed by atoms with Gasteiger partial charge in [0.25, 0.3) is 5.91 Å². The molecule has 1 saturated heterocycles. The van der Waals surface area contributed by atoms with E-state index in [0.717, 1.165) is 57.9 Å². The number of carbonyl (C=O) groups excluding carboxylic acids is 1. The van der Waals surface area contributed by atoms with Crippen molar-refractivity contribution in [1.82, 2.24) is 25.1 Å². The summed E-state index contributed by atoms with van der Waals surface area (Å²) in [6, 6.07) is 10.9. The third-order valence-corrected chi connectivity index (χ3v) is 7.40. The summed E-state index contributed by atoms with van der Waals surface area (Å²) in [6.45, 7) is 6.25. The average Bonchev–Trinajstić information content (AvgIpc) is 2.85. The standard InChI is InChI=1S/C26H35N5O3/c32-24(17-30-6-5-20-3-1-2-4-21(20)16-30)15-27-26(33)25-14-22(28-18-29-25)11-19-12-23(13-19)31-7-9-34-10-8-31/h1-4,14,18-19,23-24,32H,5-13,15-17H2,(H,27,33)/t19?,23?,24-/m0/s1. The average molecular weight is 466 g/mol. The highest BCUT2D eigenvalue weighted by Crippen LogP contribution is 2.34. The highest BCUT2D eigenvalue weighted by Gasteiger charge is 2.34. The summed E-state index contributed by atoms with van der Waals surface area (Å²) in [5.74, 6) is 0.349. The van der Waals surface area contributed by atoms with Crippen LogP contribution in [0.1, 0.15) is 40.2 Å². The first-order valence-corrected chi connectivity index (χ1v) is 12.5. The number of morpholine rings is 1. The number of nitrogens with zero attached hydrogens (tertiary/aromatic N) is 4. The Labute approximate surface area is 201 Å². The summed E-state index contributed by atoms with van der Waals surface area (Å²) in [5, 5.41) is 13.3. The van der Waals surface area contributed by atoms with E-state index in [-0.39, 0.29) is 12.5 Å². The molecule has 8 nitrogen and oxygen atoms in total. The molecule has 3 aliphatic rings. The fraction of sp³-hybridized carbons (Fsp3) is 0.577. The Morgan fingerprint density at radius 1 is 1.15 bits per heavy atom. The Hall–Kier alpha value is -2.39. The molecule has 182 valence electrons. The van der Waals surface area contributed by atoms with Crippen molar-refractivity contribution in [3.63, 3.8) is 0 Å². The monoisotopic (exact) mass is 465 g/mol. The van der Waals surface area contributed by atoms with E-state index in [1.807, 2.05) is 0 Å². The Morgan fingerprint density at radius 3 is 2.76 bits per heavy atom. The van der Waals surface area contributed by atoms with Gasteiger partial charge in [0.1, 0.15) is 12.0 Å². The second-order valence-corrected chi connectivity index (χ2v) is 9.86. The van der Waals surface area contributed by atoms with Crippen molar-refractivity contribution in [2.24, 2.45) is 5.92 Å². The molecular weight excluding hydrogens is 430 g/mol. The van der Waals surface area contributed by atoms with Crippen LogP contribution in [0.2, 0.25) is 0 Å². The van der Waals surface area contributed by atoms with Gasteiger partial charge >= 0.3 is 0 Å². The summed E-state index contributed by atoms with van der Waals surface area (Å²) in [6.07, 6.45) is 5.08. The second kappa shape index (κ2) is 10.9. The van der Waals surface area contributed by atoms with Crippen molar-refractivity contribution >= 4 is 5.91 Å². The van der Waals surface area contributed by atoms with Crippen LogP contribution in [0.5, 0.6) is 0 Å². The molecule has 2 fully saturated rings. The van der Waals surface area contributed by atoms with Crippen molar-refractivity contribution < 1.29 is 14.6 Å². The van der Waals surface area contributed by atoms with Crippen molar-refractivity contribution in [3.05, 3.63) is 59.2 Å². The number of hydrogen-bond acceptors (Lipinski definition) is 7. The Morgan fingerprint density at radius 2 is 1.94 bits per heavy atom. The Bertz CT molecular complexity index is 974. The summed E-state index contributed by atoms with van der Waals surface area (Å²) >= 11 is 0. The number of ether oxygens (including phenoxy) is 1. The lowest BCUT2D eigenvalue weighted by Gasteiger charge is -2.44. The van der Waals surface area contributed by atoms with Gasteiger partial charge in [-0.25, -0.2) is 9.97 Å². The van der Waals surface area contributed by atoms with Gasteiger partial charge in [-0.1, -0.05) is 24.3 Å². The quantitative estimate of drug-likeness (QED) is 0.607. The molecule has 0 spiro atoms. The molecule has 1 aliphatic carbocycles. The van der Waals surface area contributed by atoms with Crippen LogP contribution in [0.3, 0.4) is 0 Å². The molecule has 0 radical (unpaired) electrons. The van der Waals surface area contributed by atoms with E-state index in [0.29, 0.717) is 24.2 Å². The maximum atomic E-state index is 12.6. The summed E-state index contributed by atoms with van der Waals surface area (Å²) in [7, 11) is 0. The van der Waals surface area contributed by atoms with Crippen LogP contribution in [0.4, 0.5) is 0 Å². The molecule has 3 heterocycles. The van der Waals surface area contributed by atoms with Gasteiger partial charge < -0.3 is 15.2 Å².